The summed E-state index contributed by atoms with van der Waals surface area (Å²) >= 11 is 0. The molecule has 1 fully saturated rings. The zero-order chi connectivity index (χ0) is 15.0. The van der Waals surface area contributed by atoms with Gasteiger partial charge in [-0.25, -0.2) is 0 Å². The Balaban J connectivity index is 1.99. The van der Waals surface area contributed by atoms with Crippen LogP contribution in [0.2, 0.25) is 0 Å². The second-order valence-corrected chi connectivity index (χ2v) is 6.28. The van der Waals surface area contributed by atoms with Gasteiger partial charge >= 0.3 is 0 Å². The number of phenols is 1. The summed E-state index contributed by atoms with van der Waals surface area (Å²) < 4.78 is 6.43. The van der Waals surface area contributed by atoms with Crippen molar-refractivity contribution in [1.29, 1.82) is 0 Å². The number of rotatable bonds is 4. The fourth-order valence-electron chi connectivity index (χ4n) is 3.50. The van der Waals surface area contributed by atoms with Crippen molar-refractivity contribution in [2.45, 2.75) is 65.0 Å². The molecular weight excluding hydrogens is 266 g/mol. The van der Waals surface area contributed by atoms with Crippen molar-refractivity contribution >= 4 is 0 Å². The normalized spacial score (nSPS) is 19.0. The van der Waals surface area contributed by atoms with Crippen LogP contribution < -0.4 is 10.2 Å². The Bertz CT molecular complexity index is 550. The number of ether oxygens (including phenoxy) is 1. The zero-order valence-corrected chi connectivity index (χ0v) is 13.2. The van der Waals surface area contributed by atoms with Crippen LogP contribution in [0.5, 0.6) is 11.5 Å². The molecule has 1 aliphatic carbocycles. The molecule has 0 atom stereocenters. The van der Waals surface area contributed by atoms with E-state index < -0.39 is 0 Å². The van der Waals surface area contributed by atoms with Crippen molar-refractivity contribution in [3.05, 3.63) is 22.3 Å². The summed E-state index contributed by atoms with van der Waals surface area (Å²) in [5, 5.41) is 10.4. The molecule has 3 rings (SSSR count). The number of hydrogen-bond donors (Lipinski definition) is 2. The fraction of sp³-hybridized carbons (Fsp3) is 0.647. The second kappa shape index (κ2) is 5.50. The Kier molecular flexibility index (Phi) is 3.84. The molecule has 1 aromatic rings. The van der Waals surface area contributed by atoms with Crippen LogP contribution >= 0.6 is 0 Å². The highest BCUT2D eigenvalue weighted by Gasteiger charge is 2.43. The molecule has 0 unspecified atom stereocenters. The Hall–Kier alpha value is -1.26. The van der Waals surface area contributed by atoms with Gasteiger partial charge in [0.15, 0.2) is 0 Å². The molecule has 1 aliphatic heterocycles. The zero-order valence-electron chi connectivity index (χ0n) is 13.2. The van der Waals surface area contributed by atoms with Gasteiger partial charge in [-0.05, 0) is 64.0 Å². The third-order valence-corrected chi connectivity index (χ3v) is 5.07. The van der Waals surface area contributed by atoms with Crippen LogP contribution in [0.4, 0.5) is 0 Å². The molecule has 0 amide bonds. The summed E-state index contributed by atoms with van der Waals surface area (Å²) in [7, 11) is 0. The van der Waals surface area contributed by atoms with Gasteiger partial charge in [-0.2, -0.15) is 5.48 Å². The highest BCUT2D eigenvalue weighted by molar-refractivity contribution is 5.59. The van der Waals surface area contributed by atoms with Gasteiger partial charge in [0.1, 0.15) is 17.1 Å². The van der Waals surface area contributed by atoms with Gasteiger partial charge < -0.3 is 14.7 Å². The van der Waals surface area contributed by atoms with Crippen molar-refractivity contribution in [3.63, 3.8) is 0 Å². The Morgan fingerprint density at radius 3 is 2.62 bits per heavy atom. The highest BCUT2D eigenvalue weighted by atomic mass is 16.6. The largest absolute Gasteiger partial charge is 0.507 e. The molecule has 0 aromatic heterocycles. The van der Waals surface area contributed by atoms with E-state index in [0.717, 1.165) is 48.1 Å². The lowest BCUT2D eigenvalue weighted by molar-refractivity contribution is -0.0271. The SMILES string of the molecule is CCONCc1c(C)c(O)c(C)c2c1OC1(CCC1)CC2. The fourth-order valence-corrected chi connectivity index (χ4v) is 3.50. The molecule has 2 aliphatic rings. The average molecular weight is 291 g/mol. The van der Waals surface area contributed by atoms with Crippen molar-refractivity contribution in [2.24, 2.45) is 0 Å². The molecule has 1 aromatic carbocycles. The van der Waals surface area contributed by atoms with Crippen LogP contribution in [0.25, 0.3) is 0 Å². The molecule has 0 radical (unpaired) electrons. The van der Waals surface area contributed by atoms with Crippen molar-refractivity contribution < 1.29 is 14.7 Å². The van der Waals surface area contributed by atoms with Crippen LogP contribution in [0.1, 0.15) is 54.9 Å². The summed E-state index contributed by atoms with van der Waals surface area (Å²) in [6.45, 7) is 7.07. The quantitative estimate of drug-likeness (QED) is 0.660. The minimum atomic E-state index is 0.0587. The van der Waals surface area contributed by atoms with E-state index in [9.17, 15) is 5.11 Å². The maximum Gasteiger partial charge on any atom is 0.128 e. The molecule has 4 heteroatoms. The van der Waals surface area contributed by atoms with Gasteiger partial charge in [-0.15, -0.1) is 0 Å². The molecule has 21 heavy (non-hydrogen) atoms. The molecule has 2 N–H and O–H groups in total. The van der Waals surface area contributed by atoms with Gasteiger partial charge in [0.25, 0.3) is 0 Å². The predicted molar refractivity (Wildman–Crippen MR) is 81.6 cm³/mol. The summed E-state index contributed by atoms with van der Waals surface area (Å²) in [5.41, 5.74) is 7.09. The lowest BCUT2D eigenvalue weighted by atomic mass is 9.73. The van der Waals surface area contributed by atoms with Crippen molar-refractivity contribution in [3.8, 4) is 11.5 Å². The van der Waals surface area contributed by atoms with E-state index in [-0.39, 0.29) is 5.60 Å². The highest BCUT2D eigenvalue weighted by Crippen LogP contribution is 2.49. The number of hydrogen-bond acceptors (Lipinski definition) is 4. The van der Waals surface area contributed by atoms with E-state index in [1.54, 1.807) is 0 Å². The molecule has 4 nitrogen and oxygen atoms in total. The van der Waals surface area contributed by atoms with Crippen LogP contribution in [0, 0.1) is 13.8 Å². The van der Waals surface area contributed by atoms with Crippen LogP contribution in [0.15, 0.2) is 0 Å². The number of phenolic OH excluding ortho intramolecular Hbond substituents is 1. The molecule has 1 heterocycles. The Morgan fingerprint density at radius 1 is 1.24 bits per heavy atom. The van der Waals surface area contributed by atoms with Gasteiger partial charge in [0.05, 0.1) is 13.2 Å². The van der Waals surface area contributed by atoms with Crippen LogP contribution in [0.3, 0.4) is 0 Å². The van der Waals surface area contributed by atoms with Gasteiger partial charge in [0, 0.05) is 11.1 Å². The average Bonchev–Trinajstić information content (AvgIpc) is 2.46. The van der Waals surface area contributed by atoms with Gasteiger partial charge in [0.2, 0.25) is 0 Å². The third kappa shape index (κ3) is 2.40. The molecule has 1 spiro atoms. The van der Waals surface area contributed by atoms with E-state index in [1.807, 2.05) is 20.8 Å². The van der Waals surface area contributed by atoms with E-state index in [4.69, 9.17) is 9.57 Å². The molecule has 0 saturated heterocycles. The monoisotopic (exact) mass is 291 g/mol. The van der Waals surface area contributed by atoms with Crippen LogP contribution in [-0.4, -0.2) is 17.3 Å². The standard InChI is InChI=1S/C17H25NO3/c1-4-20-18-10-14-12(3)15(19)11(2)13-6-9-17(7-5-8-17)21-16(13)14/h18-19H,4-10H2,1-3H3. The molecule has 116 valence electrons. The summed E-state index contributed by atoms with van der Waals surface area (Å²) in [5.74, 6) is 1.39. The minimum Gasteiger partial charge on any atom is -0.507 e. The maximum atomic E-state index is 10.4. The number of nitrogens with one attached hydrogen (secondary N) is 1. The lowest BCUT2D eigenvalue weighted by Crippen LogP contribution is -2.46. The summed E-state index contributed by atoms with van der Waals surface area (Å²) in [4.78, 5) is 5.26. The molecule has 0 bridgehead atoms. The first kappa shape index (κ1) is 14.7. The van der Waals surface area contributed by atoms with Crippen LogP contribution in [-0.2, 0) is 17.8 Å². The van der Waals surface area contributed by atoms with E-state index >= 15 is 0 Å². The smallest absolute Gasteiger partial charge is 0.128 e. The predicted octanol–water partition coefficient (Wildman–Crippen LogP) is 3.30. The second-order valence-electron chi connectivity index (χ2n) is 6.28. The summed E-state index contributed by atoms with van der Waals surface area (Å²) in [6.07, 6.45) is 5.64. The molecular formula is C17H25NO3. The number of benzene rings is 1. The van der Waals surface area contributed by atoms with E-state index in [0.29, 0.717) is 18.9 Å². The number of aromatic hydroxyl groups is 1. The van der Waals surface area contributed by atoms with Crippen molar-refractivity contribution in [1.82, 2.24) is 5.48 Å². The van der Waals surface area contributed by atoms with E-state index in [1.165, 1.54) is 12.0 Å². The lowest BCUT2D eigenvalue weighted by Gasteiger charge is -2.46. The molecule has 1 saturated carbocycles. The van der Waals surface area contributed by atoms with Gasteiger partial charge in [-0.1, -0.05) is 0 Å². The first-order valence-electron chi connectivity index (χ1n) is 7.95. The topological polar surface area (TPSA) is 50.7 Å². The number of hydroxylamine groups is 1. The first-order valence-corrected chi connectivity index (χ1v) is 7.95. The Labute approximate surface area is 126 Å². The third-order valence-electron chi connectivity index (χ3n) is 5.07. The summed E-state index contributed by atoms with van der Waals surface area (Å²) in [6, 6.07) is 0. The van der Waals surface area contributed by atoms with Gasteiger partial charge in [-0.3, -0.25) is 0 Å². The first-order chi connectivity index (χ1) is 10.1. The van der Waals surface area contributed by atoms with Crippen molar-refractivity contribution in [2.75, 3.05) is 6.61 Å². The maximum absolute atomic E-state index is 10.4. The number of fused-ring (bicyclic) bond motifs is 1. The minimum absolute atomic E-state index is 0.0587. The van der Waals surface area contributed by atoms with E-state index in [2.05, 4.69) is 5.48 Å². The Morgan fingerprint density at radius 2 is 2.00 bits per heavy atom.